The van der Waals surface area contributed by atoms with E-state index >= 15 is 0 Å². The fraction of sp³-hybridized carbons (Fsp3) is 0.444. The Morgan fingerprint density at radius 2 is 1.89 bits per heavy atom. The van der Waals surface area contributed by atoms with Crippen LogP contribution in [0.1, 0.15) is 62.6 Å². The van der Waals surface area contributed by atoms with Gasteiger partial charge >= 0.3 is 0 Å². The number of nitrogens with one attached hydrogen (secondary N) is 2. The zero-order valence-electron chi connectivity index (χ0n) is 22.4. The van der Waals surface area contributed by atoms with Crippen LogP contribution < -0.4 is 10.6 Å². The van der Waals surface area contributed by atoms with E-state index in [9.17, 15) is 18.8 Å². The molecule has 0 radical (unpaired) electrons. The first-order valence-corrected chi connectivity index (χ1v) is 16.7. The lowest BCUT2D eigenvalue weighted by Crippen LogP contribution is -2.40. The number of hydrogen-bond donors (Lipinski definition) is 2. The number of anilines is 1. The number of halogens is 1. The average Bonchev–Trinajstić information content (AvgIpc) is 3.14. The van der Waals surface area contributed by atoms with Crippen molar-refractivity contribution in [3.8, 4) is 0 Å². The number of benzene rings is 1. The van der Waals surface area contributed by atoms with Gasteiger partial charge in [-0.2, -0.15) is 0 Å². The van der Waals surface area contributed by atoms with Gasteiger partial charge in [-0.25, -0.2) is 4.39 Å². The smallest absolute Gasteiger partial charge is 0.294 e. The molecule has 2 aliphatic rings. The molecule has 0 spiro atoms. The van der Waals surface area contributed by atoms with Crippen LogP contribution in [0, 0.1) is 19.7 Å². The molecule has 1 aromatic carbocycles. The fourth-order valence-electron chi connectivity index (χ4n) is 5.21. The molecule has 1 fully saturated rings. The Balaban J connectivity index is 1.37. The molecule has 200 valence electrons. The Labute approximate surface area is 221 Å². The second-order valence-electron chi connectivity index (χ2n) is 11.7. The van der Waals surface area contributed by atoms with E-state index < -0.39 is 37.0 Å². The standard InChI is InChI=1S/C27H33FN6O3Si/c1-16-8-9-18(13-19(16)28)29-25(36)22-17(2)23(34-12-6-7-20(22)34)24(35)26(37)30-27(10-11-27)21-14-33(32-31-21)15-38(3,4)5/h8-9,13-14H,6-7,10-12,15H2,1-5H3,(H,29,36)(H,30,37). The van der Waals surface area contributed by atoms with Gasteiger partial charge in [0.15, 0.2) is 0 Å². The predicted octanol–water partition coefficient (Wildman–Crippen LogP) is 3.90. The van der Waals surface area contributed by atoms with Crippen LogP contribution in [0.3, 0.4) is 0 Å². The third kappa shape index (κ3) is 4.82. The molecular weight excluding hydrogens is 503 g/mol. The Bertz CT molecular complexity index is 1460. The van der Waals surface area contributed by atoms with Crippen LogP contribution in [-0.2, 0) is 29.5 Å². The highest BCUT2D eigenvalue weighted by Crippen LogP contribution is 2.44. The lowest BCUT2D eigenvalue weighted by molar-refractivity contribution is -0.118. The predicted molar refractivity (Wildman–Crippen MR) is 143 cm³/mol. The van der Waals surface area contributed by atoms with Crippen molar-refractivity contribution in [3.05, 3.63) is 64.0 Å². The number of aryl methyl sites for hydroxylation is 1. The Morgan fingerprint density at radius 1 is 1.16 bits per heavy atom. The van der Waals surface area contributed by atoms with Crippen LogP contribution in [0.2, 0.25) is 19.6 Å². The maximum atomic E-state index is 14.0. The van der Waals surface area contributed by atoms with Crippen molar-refractivity contribution in [1.82, 2.24) is 24.9 Å². The maximum absolute atomic E-state index is 14.0. The van der Waals surface area contributed by atoms with Crippen molar-refractivity contribution in [2.75, 3.05) is 5.32 Å². The van der Waals surface area contributed by atoms with Gasteiger partial charge < -0.3 is 15.2 Å². The van der Waals surface area contributed by atoms with Crippen molar-refractivity contribution in [3.63, 3.8) is 0 Å². The van der Waals surface area contributed by atoms with Crippen LogP contribution in [0.25, 0.3) is 0 Å². The van der Waals surface area contributed by atoms with E-state index in [2.05, 4.69) is 40.6 Å². The second kappa shape index (κ2) is 9.30. The zero-order valence-corrected chi connectivity index (χ0v) is 23.4. The Morgan fingerprint density at radius 3 is 2.55 bits per heavy atom. The fourth-order valence-corrected chi connectivity index (χ4v) is 6.34. The number of carbonyl (C=O) groups is 3. The van der Waals surface area contributed by atoms with E-state index in [1.54, 1.807) is 30.5 Å². The SMILES string of the molecule is Cc1ccc(NC(=O)c2c(C)c(C(=O)C(=O)NC3(c4cn(C[Si](C)(C)C)nn4)CC3)n3c2CCC3)cc1F. The van der Waals surface area contributed by atoms with Crippen LogP contribution >= 0.6 is 0 Å². The number of aromatic nitrogens is 4. The molecule has 0 bridgehead atoms. The van der Waals surface area contributed by atoms with E-state index in [0.29, 0.717) is 53.9 Å². The van der Waals surface area contributed by atoms with Gasteiger partial charge in [0.05, 0.1) is 31.1 Å². The molecule has 3 aromatic rings. The third-order valence-electron chi connectivity index (χ3n) is 7.26. The first kappa shape index (κ1) is 26.0. The summed E-state index contributed by atoms with van der Waals surface area (Å²) >= 11 is 0. The molecule has 9 nitrogen and oxygen atoms in total. The van der Waals surface area contributed by atoms with Gasteiger partial charge in [0.1, 0.15) is 11.5 Å². The summed E-state index contributed by atoms with van der Waals surface area (Å²) in [5.74, 6) is -2.23. The highest BCUT2D eigenvalue weighted by molar-refractivity contribution is 6.74. The summed E-state index contributed by atoms with van der Waals surface area (Å²) in [6, 6.07) is 4.50. The first-order chi connectivity index (χ1) is 17.9. The summed E-state index contributed by atoms with van der Waals surface area (Å²) in [7, 11) is -1.41. The zero-order chi connectivity index (χ0) is 27.4. The monoisotopic (exact) mass is 536 g/mol. The molecule has 0 unspecified atom stereocenters. The minimum atomic E-state index is -1.41. The topological polar surface area (TPSA) is 111 Å². The van der Waals surface area contributed by atoms with E-state index in [1.807, 2.05) is 10.9 Å². The van der Waals surface area contributed by atoms with E-state index in [0.717, 1.165) is 18.3 Å². The number of carbonyl (C=O) groups excluding carboxylic acids is 3. The van der Waals surface area contributed by atoms with E-state index in [4.69, 9.17) is 0 Å². The van der Waals surface area contributed by atoms with Crippen molar-refractivity contribution < 1.29 is 18.8 Å². The number of amides is 2. The highest BCUT2D eigenvalue weighted by atomic mass is 28.3. The lowest BCUT2D eigenvalue weighted by Gasteiger charge is -2.16. The molecule has 2 amide bonds. The maximum Gasteiger partial charge on any atom is 0.294 e. The van der Waals surface area contributed by atoms with E-state index in [1.165, 1.54) is 6.07 Å². The number of hydrogen-bond acceptors (Lipinski definition) is 5. The number of ketones is 1. The third-order valence-corrected chi connectivity index (χ3v) is 8.53. The first-order valence-electron chi connectivity index (χ1n) is 13.0. The van der Waals surface area contributed by atoms with Gasteiger partial charge in [-0.1, -0.05) is 30.9 Å². The van der Waals surface area contributed by atoms with Crippen molar-refractivity contribution in [1.29, 1.82) is 0 Å². The van der Waals surface area contributed by atoms with Gasteiger partial charge in [0.2, 0.25) is 0 Å². The van der Waals surface area contributed by atoms with Gasteiger partial charge in [0.25, 0.3) is 17.6 Å². The summed E-state index contributed by atoms with van der Waals surface area (Å²) in [6.45, 7) is 10.6. The Hall–Kier alpha value is -3.60. The summed E-state index contributed by atoms with van der Waals surface area (Å²) in [4.78, 5) is 40.0. The summed E-state index contributed by atoms with van der Waals surface area (Å²) < 4.78 is 17.6. The van der Waals surface area contributed by atoms with Gasteiger partial charge in [-0.15, -0.1) is 5.10 Å². The number of Topliss-reactive ketones (excluding diaryl/α,β-unsaturated/α-hetero) is 1. The molecule has 0 saturated heterocycles. The molecule has 1 aliphatic carbocycles. The molecule has 11 heteroatoms. The van der Waals surface area contributed by atoms with Crippen LogP contribution in [0.15, 0.2) is 24.4 Å². The quantitative estimate of drug-likeness (QED) is 0.258. The average molecular weight is 537 g/mol. The molecule has 38 heavy (non-hydrogen) atoms. The van der Waals surface area contributed by atoms with Gasteiger partial charge in [-0.05, 0) is 62.8 Å². The van der Waals surface area contributed by atoms with Crippen LogP contribution in [0.4, 0.5) is 10.1 Å². The molecule has 0 atom stereocenters. The molecule has 2 N–H and O–H groups in total. The molecule has 2 aromatic heterocycles. The number of fused-ring (bicyclic) bond motifs is 1. The number of nitrogens with zero attached hydrogens (tertiary/aromatic N) is 4. The molecule has 3 heterocycles. The molecule has 1 saturated carbocycles. The van der Waals surface area contributed by atoms with Crippen LogP contribution in [-0.4, -0.2) is 45.2 Å². The lowest BCUT2D eigenvalue weighted by atomic mass is 10.0. The highest BCUT2D eigenvalue weighted by Gasteiger charge is 2.49. The number of rotatable bonds is 8. The minimum absolute atomic E-state index is 0.230. The molecule has 1 aliphatic heterocycles. The molecular formula is C27H33FN6O3Si. The normalized spacial score (nSPS) is 15.7. The summed E-state index contributed by atoms with van der Waals surface area (Å²) in [5.41, 5.74) is 2.57. The van der Waals surface area contributed by atoms with Gasteiger partial charge in [-0.3, -0.25) is 19.1 Å². The van der Waals surface area contributed by atoms with Gasteiger partial charge in [0, 0.05) is 24.1 Å². The minimum Gasteiger partial charge on any atom is -0.341 e. The van der Waals surface area contributed by atoms with E-state index in [-0.39, 0.29) is 5.69 Å². The Kier molecular flexibility index (Phi) is 6.37. The van der Waals surface area contributed by atoms with Crippen molar-refractivity contribution >= 4 is 31.4 Å². The largest absolute Gasteiger partial charge is 0.341 e. The second-order valence-corrected chi connectivity index (χ2v) is 17.1. The van der Waals surface area contributed by atoms with Crippen molar-refractivity contribution in [2.45, 2.75) is 77.4 Å². The van der Waals surface area contributed by atoms with Crippen LogP contribution in [0.5, 0.6) is 0 Å². The molecule has 5 rings (SSSR count). The summed E-state index contributed by atoms with van der Waals surface area (Å²) in [5, 5.41) is 14.2. The summed E-state index contributed by atoms with van der Waals surface area (Å²) in [6.07, 6.45) is 5.43. The van der Waals surface area contributed by atoms with Crippen molar-refractivity contribution in [2.24, 2.45) is 0 Å².